The first-order valence-electron chi connectivity index (χ1n) is 6.56. The van der Waals surface area contributed by atoms with Gasteiger partial charge in [-0.1, -0.05) is 0 Å². The van der Waals surface area contributed by atoms with E-state index in [0.29, 0.717) is 6.04 Å². The van der Waals surface area contributed by atoms with Crippen LogP contribution < -0.4 is 5.32 Å². The number of thiazole rings is 1. The monoisotopic (exact) mass is 313 g/mol. The van der Waals surface area contributed by atoms with Crippen molar-refractivity contribution < 1.29 is 0 Å². The normalized spacial score (nSPS) is 19.8. The molecule has 2 aromatic heterocycles. The summed E-state index contributed by atoms with van der Waals surface area (Å²) in [7, 11) is 2.06. The molecule has 7 heteroatoms. The molecule has 0 radical (unpaired) electrons. The SMILES string of the molecule is Cc1ncsc1CN1CCNCC1c1nccn1C.Cl. The molecule has 1 saturated heterocycles. The maximum atomic E-state index is 4.51. The van der Waals surface area contributed by atoms with Crippen LogP contribution >= 0.6 is 23.7 Å². The lowest BCUT2D eigenvalue weighted by atomic mass is 10.1. The fraction of sp³-hybridized carbons (Fsp3) is 0.538. The molecule has 1 atom stereocenters. The molecule has 3 rings (SSSR count). The van der Waals surface area contributed by atoms with Crippen molar-refractivity contribution in [3.63, 3.8) is 0 Å². The highest BCUT2D eigenvalue weighted by Crippen LogP contribution is 2.24. The molecular formula is C13H20ClN5S. The second kappa shape index (κ2) is 6.67. The molecule has 0 saturated carbocycles. The summed E-state index contributed by atoms with van der Waals surface area (Å²) in [6.45, 7) is 6.11. The molecule has 1 N–H and O–H groups in total. The zero-order valence-electron chi connectivity index (χ0n) is 11.7. The van der Waals surface area contributed by atoms with Crippen LogP contribution in [0.4, 0.5) is 0 Å². The van der Waals surface area contributed by atoms with Crippen LogP contribution in [-0.2, 0) is 13.6 Å². The van der Waals surface area contributed by atoms with E-state index in [-0.39, 0.29) is 12.4 Å². The third-order valence-corrected chi connectivity index (χ3v) is 4.62. The van der Waals surface area contributed by atoms with Crippen molar-refractivity contribution in [2.24, 2.45) is 7.05 Å². The molecule has 1 aliphatic rings. The van der Waals surface area contributed by atoms with Gasteiger partial charge in [-0.05, 0) is 6.92 Å². The van der Waals surface area contributed by atoms with Gasteiger partial charge in [0.1, 0.15) is 5.82 Å². The number of imidazole rings is 1. The Morgan fingerprint density at radius 3 is 2.95 bits per heavy atom. The van der Waals surface area contributed by atoms with E-state index in [1.807, 2.05) is 17.9 Å². The molecule has 20 heavy (non-hydrogen) atoms. The summed E-state index contributed by atoms with van der Waals surface area (Å²) in [6.07, 6.45) is 3.89. The van der Waals surface area contributed by atoms with Gasteiger partial charge in [-0.3, -0.25) is 4.90 Å². The summed E-state index contributed by atoms with van der Waals surface area (Å²) in [5.74, 6) is 1.13. The van der Waals surface area contributed by atoms with E-state index in [0.717, 1.165) is 37.7 Å². The Balaban J connectivity index is 0.00000147. The molecule has 0 aliphatic carbocycles. The van der Waals surface area contributed by atoms with Crippen molar-refractivity contribution in [3.8, 4) is 0 Å². The smallest absolute Gasteiger partial charge is 0.127 e. The van der Waals surface area contributed by atoms with Crippen molar-refractivity contribution in [1.82, 2.24) is 24.8 Å². The molecule has 3 heterocycles. The first-order valence-corrected chi connectivity index (χ1v) is 7.44. The Hall–Kier alpha value is -0.950. The third kappa shape index (κ3) is 3.03. The second-order valence-electron chi connectivity index (χ2n) is 4.95. The topological polar surface area (TPSA) is 46.0 Å². The molecular weight excluding hydrogens is 294 g/mol. The Bertz CT molecular complexity index is 552. The molecule has 0 spiro atoms. The number of hydrogen-bond donors (Lipinski definition) is 1. The van der Waals surface area contributed by atoms with E-state index in [9.17, 15) is 0 Å². The minimum absolute atomic E-state index is 0. The largest absolute Gasteiger partial charge is 0.337 e. The molecule has 110 valence electrons. The summed E-state index contributed by atoms with van der Waals surface area (Å²) < 4.78 is 2.12. The number of aryl methyl sites for hydroxylation is 2. The number of rotatable bonds is 3. The lowest BCUT2D eigenvalue weighted by molar-refractivity contribution is 0.146. The zero-order valence-corrected chi connectivity index (χ0v) is 13.4. The second-order valence-corrected chi connectivity index (χ2v) is 5.89. The lowest BCUT2D eigenvalue weighted by Gasteiger charge is -2.35. The standard InChI is InChI=1S/C13H19N5S.ClH/c1-10-12(19-9-16-10)8-18-6-3-14-7-11(18)13-15-4-5-17(13)2;/h4-5,9,11,14H,3,6-8H2,1-2H3;1H. The van der Waals surface area contributed by atoms with Crippen molar-refractivity contribution in [2.75, 3.05) is 19.6 Å². The van der Waals surface area contributed by atoms with Crippen LogP contribution in [0.3, 0.4) is 0 Å². The summed E-state index contributed by atoms with van der Waals surface area (Å²) >= 11 is 1.75. The number of piperazine rings is 1. The van der Waals surface area contributed by atoms with Crippen molar-refractivity contribution in [1.29, 1.82) is 0 Å². The molecule has 0 bridgehead atoms. The molecule has 1 unspecified atom stereocenters. The van der Waals surface area contributed by atoms with E-state index >= 15 is 0 Å². The predicted molar refractivity (Wildman–Crippen MR) is 83.3 cm³/mol. The predicted octanol–water partition coefficient (Wildman–Crippen LogP) is 1.75. The Morgan fingerprint density at radius 1 is 1.45 bits per heavy atom. The molecule has 0 aromatic carbocycles. The van der Waals surface area contributed by atoms with Crippen molar-refractivity contribution >= 4 is 23.7 Å². The lowest BCUT2D eigenvalue weighted by Crippen LogP contribution is -2.46. The maximum Gasteiger partial charge on any atom is 0.127 e. The van der Waals surface area contributed by atoms with Crippen LogP contribution in [0.25, 0.3) is 0 Å². The van der Waals surface area contributed by atoms with Gasteiger partial charge in [0.05, 0.1) is 17.2 Å². The van der Waals surface area contributed by atoms with E-state index < -0.39 is 0 Å². The van der Waals surface area contributed by atoms with Gasteiger partial charge < -0.3 is 9.88 Å². The average molecular weight is 314 g/mol. The fourth-order valence-corrected chi connectivity index (χ4v) is 3.35. The third-order valence-electron chi connectivity index (χ3n) is 3.70. The van der Waals surface area contributed by atoms with Crippen LogP contribution in [0.15, 0.2) is 17.9 Å². The highest BCUT2D eigenvalue weighted by Gasteiger charge is 2.27. The molecule has 2 aromatic rings. The highest BCUT2D eigenvalue weighted by molar-refractivity contribution is 7.09. The molecule has 0 amide bonds. The summed E-state index contributed by atoms with van der Waals surface area (Å²) in [5.41, 5.74) is 3.09. The van der Waals surface area contributed by atoms with Gasteiger partial charge in [-0.2, -0.15) is 0 Å². The first-order chi connectivity index (χ1) is 9.25. The average Bonchev–Trinajstić information content (AvgIpc) is 3.00. The number of aromatic nitrogens is 3. The van der Waals surface area contributed by atoms with E-state index in [4.69, 9.17) is 0 Å². The van der Waals surface area contributed by atoms with Crippen LogP contribution in [0.1, 0.15) is 22.4 Å². The van der Waals surface area contributed by atoms with Gasteiger partial charge >= 0.3 is 0 Å². The quantitative estimate of drug-likeness (QED) is 0.938. The van der Waals surface area contributed by atoms with Crippen LogP contribution in [-0.4, -0.2) is 39.1 Å². The van der Waals surface area contributed by atoms with Crippen LogP contribution in [0.2, 0.25) is 0 Å². The van der Waals surface area contributed by atoms with E-state index in [2.05, 4.69) is 38.7 Å². The molecule has 5 nitrogen and oxygen atoms in total. The Kier molecular flexibility index (Phi) is 5.15. The van der Waals surface area contributed by atoms with Gasteiger partial charge in [0.2, 0.25) is 0 Å². The number of halogens is 1. The van der Waals surface area contributed by atoms with Gasteiger partial charge in [-0.15, -0.1) is 23.7 Å². The Labute approximate surface area is 129 Å². The maximum absolute atomic E-state index is 4.51. The first kappa shape index (κ1) is 15.4. The van der Waals surface area contributed by atoms with Crippen LogP contribution in [0, 0.1) is 6.92 Å². The minimum atomic E-state index is 0. The van der Waals surface area contributed by atoms with Gasteiger partial charge in [0.15, 0.2) is 0 Å². The van der Waals surface area contributed by atoms with Crippen molar-refractivity contribution in [2.45, 2.75) is 19.5 Å². The van der Waals surface area contributed by atoms with Crippen LogP contribution in [0.5, 0.6) is 0 Å². The number of nitrogens with one attached hydrogen (secondary N) is 1. The van der Waals surface area contributed by atoms with Gasteiger partial charge in [-0.25, -0.2) is 9.97 Å². The Morgan fingerprint density at radius 2 is 2.30 bits per heavy atom. The summed E-state index contributed by atoms with van der Waals surface area (Å²) in [4.78, 5) is 12.7. The van der Waals surface area contributed by atoms with Gasteiger partial charge in [0.25, 0.3) is 0 Å². The fourth-order valence-electron chi connectivity index (χ4n) is 2.55. The number of nitrogens with zero attached hydrogens (tertiary/aromatic N) is 4. The van der Waals surface area contributed by atoms with Crippen molar-refractivity contribution in [3.05, 3.63) is 34.3 Å². The van der Waals surface area contributed by atoms with Gasteiger partial charge in [0, 0.05) is 50.5 Å². The van der Waals surface area contributed by atoms with E-state index in [1.165, 1.54) is 4.88 Å². The minimum Gasteiger partial charge on any atom is -0.337 e. The van der Waals surface area contributed by atoms with E-state index in [1.54, 1.807) is 11.3 Å². The molecule has 1 fully saturated rings. The summed E-state index contributed by atoms with van der Waals surface area (Å²) in [6, 6.07) is 0.343. The molecule has 1 aliphatic heterocycles. The zero-order chi connectivity index (χ0) is 13.2. The number of hydrogen-bond acceptors (Lipinski definition) is 5. The highest BCUT2D eigenvalue weighted by atomic mass is 35.5. The summed E-state index contributed by atoms with van der Waals surface area (Å²) in [5, 5.41) is 3.47.